The number of rotatable bonds is 3. The molecule has 0 unspecified atom stereocenters. The molecule has 82 valence electrons. The number of hydrogen-bond acceptors (Lipinski definition) is 5. The molecule has 0 aliphatic carbocycles. The molecule has 5 nitrogen and oxygen atoms in total. The molecular formula is C8H9BrN2O3S. The van der Waals surface area contributed by atoms with Gasteiger partial charge in [0, 0.05) is 7.11 Å². The predicted octanol–water partition coefficient (Wildman–Crippen LogP) is 1.83. The number of hydrogen-bond donors (Lipinski definition) is 1. The van der Waals surface area contributed by atoms with Crippen molar-refractivity contribution in [3.8, 4) is 0 Å². The van der Waals surface area contributed by atoms with E-state index in [-0.39, 0.29) is 5.82 Å². The van der Waals surface area contributed by atoms with Crippen LogP contribution in [-0.2, 0) is 16.1 Å². The lowest BCUT2D eigenvalue weighted by molar-refractivity contribution is 0.0585. The number of ether oxygens (including phenoxy) is 2. The summed E-state index contributed by atoms with van der Waals surface area (Å²) in [5.41, 5.74) is 0.651. The third kappa shape index (κ3) is 2.83. The van der Waals surface area contributed by atoms with E-state index in [1.807, 2.05) is 0 Å². The molecule has 0 spiro atoms. The number of carbonyl (C=O) groups excluding carboxylic acids is 1. The molecule has 0 fully saturated rings. The molecule has 1 heterocycles. The average molecular weight is 293 g/mol. The number of nitrogens with one attached hydrogen (secondary N) is 1. The maximum Gasteiger partial charge on any atom is 0.374 e. The molecular weight excluding hydrogens is 284 g/mol. The molecule has 0 atom stereocenters. The summed E-state index contributed by atoms with van der Waals surface area (Å²) in [6.45, 7) is 0.302. The third-order valence-electron chi connectivity index (χ3n) is 1.60. The number of aromatic amines is 1. The smallest absolute Gasteiger partial charge is 0.374 e. The van der Waals surface area contributed by atoms with Crippen molar-refractivity contribution in [2.45, 2.75) is 6.61 Å². The zero-order valence-electron chi connectivity index (χ0n) is 8.17. The lowest BCUT2D eigenvalue weighted by atomic mass is 10.4. The van der Waals surface area contributed by atoms with Gasteiger partial charge in [0.25, 0.3) is 0 Å². The Morgan fingerprint density at radius 3 is 2.80 bits per heavy atom. The van der Waals surface area contributed by atoms with Gasteiger partial charge in [-0.15, -0.1) is 0 Å². The second-order valence-corrected chi connectivity index (χ2v) is 3.79. The normalized spacial score (nSPS) is 10.1. The van der Waals surface area contributed by atoms with E-state index in [0.717, 1.165) is 0 Å². The number of carbonyl (C=O) groups is 1. The minimum Gasteiger partial charge on any atom is -0.463 e. The number of nitrogens with zero attached hydrogens (tertiary/aromatic N) is 1. The minimum absolute atomic E-state index is 0.0674. The van der Waals surface area contributed by atoms with E-state index < -0.39 is 5.97 Å². The van der Waals surface area contributed by atoms with Crippen molar-refractivity contribution in [1.29, 1.82) is 0 Å². The molecule has 0 aliphatic heterocycles. The first kappa shape index (κ1) is 12.3. The van der Waals surface area contributed by atoms with Gasteiger partial charge >= 0.3 is 5.97 Å². The number of esters is 1. The monoisotopic (exact) mass is 292 g/mol. The fourth-order valence-corrected chi connectivity index (χ4v) is 1.46. The van der Waals surface area contributed by atoms with E-state index >= 15 is 0 Å². The second kappa shape index (κ2) is 5.34. The van der Waals surface area contributed by atoms with Crippen LogP contribution in [0.25, 0.3) is 0 Å². The van der Waals surface area contributed by atoms with Crippen LogP contribution in [0.4, 0.5) is 0 Å². The van der Waals surface area contributed by atoms with Crippen LogP contribution < -0.4 is 0 Å². The molecule has 0 bridgehead atoms. The highest BCUT2D eigenvalue weighted by atomic mass is 79.9. The fourth-order valence-electron chi connectivity index (χ4n) is 0.943. The summed E-state index contributed by atoms with van der Waals surface area (Å²) in [5.74, 6) is -0.497. The first-order chi connectivity index (χ1) is 7.10. The number of H-pyrrole nitrogens is 1. The highest BCUT2D eigenvalue weighted by molar-refractivity contribution is 9.10. The Hall–Kier alpha value is -0.790. The molecule has 0 saturated heterocycles. The molecule has 1 aromatic heterocycles. The largest absolute Gasteiger partial charge is 0.463 e. The van der Waals surface area contributed by atoms with Crippen LogP contribution in [0, 0.1) is 4.64 Å². The summed E-state index contributed by atoms with van der Waals surface area (Å²) >= 11 is 8.22. The zero-order valence-corrected chi connectivity index (χ0v) is 10.6. The van der Waals surface area contributed by atoms with Crippen LogP contribution in [0.3, 0.4) is 0 Å². The van der Waals surface area contributed by atoms with Crippen molar-refractivity contribution in [1.82, 2.24) is 9.97 Å². The number of aromatic nitrogens is 2. The molecule has 1 N–H and O–H groups in total. The fraction of sp³-hybridized carbons (Fsp3) is 0.375. The van der Waals surface area contributed by atoms with E-state index in [2.05, 4.69) is 30.6 Å². The Bertz CT molecular complexity index is 432. The Labute approximate surface area is 99.9 Å². The van der Waals surface area contributed by atoms with E-state index in [1.165, 1.54) is 7.11 Å². The average Bonchev–Trinajstić information content (AvgIpc) is 2.23. The van der Waals surface area contributed by atoms with Gasteiger partial charge in [0.15, 0.2) is 0 Å². The summed E-state index contributed by atoms with van der Waals surface area (Å²) < 4.78 is 10.4. The van der Waals surface area contributed by atoms with Crippen molar-refractivity contribution >= 4 is 34.1 Å². The van der Waals surface area contributed by atoms with Crippen LogP contribution in [0.2, 0.25) is 0 Å². The van der Waals surface area contributed by atoms with Crippen molar-refractivity contribution in [2.75, 3.05) is 14.2 Å². The van der Waals surface area contributed by atoms with Crippen LogP contribution in [0.1, 0.15) is 16.3 Å². The van der Waals surface area contributed by atoms with Crippen LogP contribution in [0.5, 0.6) is 0 Å². The first-order valence-corrected chi connectivity index (χ1v) is 5.16. The summed E-state index contributed by atoms with van der Waals surface area (Å²) in [5, 5.41) is 0. The maximum absolute atomic E-state index is 11.2. The lowest BCUT2D eigenvalue weighted by Crippen LogP contribution is -2.10. The van der Waals surface area contributed by atoms with Crippen molar-refractivity contribution in [3.05, 3.63) is 20.6 Å². The standard InChI is InChI=1S/C8H9BrN2O3S/c1-13-3-4-5(9)7(15)11-6(10-4)8(12)14-2/h3H2,1-2H3,(H,10,11,15). The van der Waals surface area contributed by atoms with Gasteiger partial charge in [0.2, 0.25) is 5.82 Å². The van der Waals surface area contributed by atoms with Gasteiger partial charge < -0.3 is 14.5 Å². The highest BCUT2D eigenvalue weighted by Crippen LogP contribution is 2.16. The zero-order chi connectivity index (χ0) is 11.4. The van der Waals surface area contributed by atoms with E-state index in [1.54, 1.807) is 7.11 Å². The summed E-state index contributed by atoms with van der Waals surface area (Å²) in [6.07, 6.45) is 0. The van der Waals surface area contributed by atoms with Crippen molar-refractivity contribution < 1.29 is 14.3 Å². The van der Waals surface area contributed by atoms with Gasteiger partial charge in [-0.1, -0.05) is 12.2 Å². The molecule has 0 aliphatic rings. The van der Waals surface area contributed by atoms with Crippen molar-refractivity contribution in [3.63, 3.8) is 0 Å². The van der Waals surface area contributed by atoms with Gasteiger partial charge in [0.05, 0.1) is 23.9 Å². The quantitative estimate of drug-likeness (QED) is 0.680. The number of methoxy groups -OCH3 is 2. The molecule has 0 amide bonds. The SMILES string of the molecule is COCc1[nH]c(C(=O)OC)nc(=S)c1Br. The first-order valence-electron chi connectivity index (χ1n) is 3.96. The Balaban J connectivity index is 3.23. The summed E-state index contributed by atoms with van der Waals surface area (Å²) in [6, 6.07) is 0. The molecule has 0 radical (unpaired) electrons. The van der Waals surface area contributed by atoms with E-state index in [0.29, 0.717) is 21.4 Å². The summed E-state index contributed by atoms with van der Waals surface area (Å²) in [7, 11) is 2.82. The Morgan fingerprint density at radius 1 is 1.60 bits per heavy atom. The van der Waals surface area contributed by atoms with Crippen LogP contribution >= 0.6 is 28.1 Å². The summed E-state index contributed by atoms with van der Waals surface area (Å²) in [4.78, 5) is 17.9. The molecule has 7 heteroatoms. The van der Waals surface area contributed by atoms with Gasteiger partial charge in [-0.3, -0.25) is 0 Å². The molecule has 0 aromatic carbocycles. The minimum atomic E-state index is -0.564. The second-order valence-electron chi connectivity index (χ2n) is 2.61. The Morgan fingerprint density at radius 2 is 2.27 bits per heavy atom. The molecule has 15 heavy (non-hydrogen) atoms. The highest BCUT2D eigenvalue weighted by Gasteiger charge is 2.12. The predicted molar refractivity (Wildman–Crippen MR) is 59.2 cm³/mol. The molecule has 0 saturated carbocycles. The Kier molecular flexibility index (Phi) is 4.37. The lowest BCUT2D eigenvalue weighted by Gasteiger charge is -2.06. The van der Waals surface area contributed by atoms with Gasteiger partial charge in [-0.05, 0) is 15.9 Å². The maximum atomic E-state index is 11.2. The van der Waals surface area contributed by atoms with E-state index in [4.69, 9.17) is 17.0 Å². The van der Waals surface area contributed by atoms with Gasteiger partial charge in [-0.25, -0.2) is 9.78 Å². The van der Waals surface area contributed by atoms with Crippen LogP contribution in [0.15, 0.2) is 4.47 Å². The topological polar surface area (TPSA) is 64.2 Å². The third-order valence-corrected chi connectivity index (χ3v) is 3.01. The van der Waals surface area contributed by atoms with E-state index in [9.17, 15) is 4.79 Å². The van der Waals surface area contributed by atoms with Gasteiger partial charge in [-0.2, -0.15) is 0 Å². The van der Waals surface area contributed by atoms with Gasteiger partial charge in [0.1, 0.15) is 4.64 Å². The number of halogens is 1. The van der Waals surface area contributed by atoms with Crippen LogP contribution in [-0.4, -0.2) is 30.2 Å². The molecule has 1 rings (SSSR count). The van der Waals surface area contributed by atoms with Crippen molar-refractivity contribution in [2.24, 2.45) is 0 Å². The molecule has 1 aromatic rings.